The molecule has 16 heavy (non-hydrogen) atoms. The summed E-state index contributed by atoms with van der Waals surface area (Å²) in [5, 5.41) is 0. The average Bonchev–Trinajstić information content (AvgIpc) is 2.30. The Balaban J connectivity index is 2.15. The summed E-state index contributed by atoms with van der Waals surface area (Å²) in [4.78, 5) is 28.5. The summed E-state index contributed by atoms with van der Waals surface area (Å²) >= 11 is 1.35. The van der Waals surface area contributed by atoms with E-state index in [9.17, 15) is 9.59 Å². The van der Waals surface area contributed by atoms with Crippen molar-refractivity contribution < 1.29 is 0 Å². The van der Waals surface area contributed by atoms with Crippen LogP contribution in [0.15, 0.2) is 51.1 Å². The second-order valence-electron chi connectivity index (χ2n) is 3.18. The van der Waals surface area contributed by atoms with Gasteiger partial charge in [0.25, 0.3) is 11.1 Å². The van der Waals surface area contributed by atoms with Crippen molar-refractivity contribution in [3.05, 3.63) is 62.9 Å². The molecule has 0 spiro atoms. The number of hydrogen-bond acceptors (Lipinski definition) is 3. The van der Waals surface area contributed by atoms with E-state index in [0.29, 0.717) is 16.2 Å². The highest BCUT2D eigenvalue weighted by Gasteiger charge is 2.02. The summed E-state index contributed by atoms with van der Waals surface area (Å²) in [7, 11) is 0. The molecule has 2 heterocycles. The van der Waals surface area contributed by atoms with Crippen LogP contribution in [-0.2, 0) is 5.75 Å². The molecule has 0 fully saturated rings. The number of aromatic amines is 2. The van der Waals surface area contributed by atoms with Crippen LogP contribution >= 0.6 is 11.8 Å². The highest BCUT2D eigenvalue weighted by molar-refractivity contribution is 7.98. The molecular formula is C11H10N2O2S. The van der Waals surface area contributed by atoms with Crippen LogP contribution in [0.3, 0.4) is 0 Å². The largest absolute Gasteiger partial charge is 0.329 e. The third-order valence-corrected chi connectivity index (χ3v) is 3.15. The molecule has 0 saturated carbocycles. The van der Waals surface area contributed by atoms with Gasteiger partial charge in [0, 0.05) is 23.7 Å². The van der Waals surface area contributed by atoms with E-state index in [0.717, 1.165) is 0 Å². The zero-order valence-corrected chi connectivity index (χ0v) is 9.21. The molecule has 0 unspecified atom stereocenters. The summed E-state index contributed by atoms with van der Waals surface area (Å²) in [6, 6.07) is 7.02. The van der Waals surface area contributed by atoms with Crippen molar-refractivity contribution in [3.8, 4) is 0 Å². The van der Waals surface area contributed by atoms with Crippen molar-refractivity contribution in [1.29, 1.82) is 0 Å². The molecule has 0 radical (unpaired) electrons. The highest BCUT2D eigenvalue weighted by Crippen LogP contribution is 2.16. The molecule has 0 bridgehead atoms. The van der Waals surface area contributed by atoms with Crippen LogP contribution in [-0.4, -0.2) is 9.97 Å². The Hall–Kier alpha value is -1.75. The van der Waals surface area contributed by atoms with Crippen molar-refractivity contribution >= 4 is 11.8 Å². The van der Waals surface area contributed by atoms with Crippen LogP contribution in [0.2, 0.25) is 0 Å². The maximum absolute atomic E-state index is 11.4. The summed E-state index contributed by atoms with van der Waals surface area (Å²) in [5.74, 6) is 0.489. The molecule has 0 amide bonds. The first kappa shape index (κ1) is 10.8. The average molecular weight is 234 g/mol. The monoisotopic (exact) mass is 234 g/mol. The Morgan fingerprint density at radius 3 is 2.38 bits per heavy atom. The van der Waals surface area contributed by atoms with Gasteiger partial charge >= 0.3 is 0 Å². The topological polar surface area (TPSA) is 65.7 Å². The summed E-state index contributed by atoms with van der Waals surface area (Å²) in [5.41, 5.74) is 0.429. The summed E-state index contributed by atoms with van der Waals surface area (Å²) in [6.07, 6.45) is 3.17. The normalized spacial score (nSPS) is 10.2. The summed E-state index contributed by atoms with van der Waals surface area (Å²) < 4.78 is 0. The SMILES string of the molecule is O=c1[nH]cccc1CSc1ccc[nH]c1=O. The number of aromatic nitrogens is 2. The van der Waals surface area contributed by atoms with E-state index < -0.39 is 0 Å². The molecule has 0 aliphatic heterocycles. The second-order valence-corrected chi connectivity index (χ2v) is 4.19. The van der Waals surface area contributed by atoms with E-state index in [2.05, 4.69) is 9.97 Å². The zero-order chi connectivity index (χ0) is 11.4. The predicted octanol–water partition coefficient (Wildman–Crippen LogP) is 1.36. The quantitative estimate of drug-likeness (QED) is 0.788. The van der Waals surface area contributed by atoms with Crippen molar-refractivity contribution in [1.82, 2.24) is 9.97 Å². The lowest BCUT2D eigenvalue weighted by Gasteiger charge is -1.99. The number of H-pyrrole nitrogens is 2. The Morgan fingerprint density at radius 1 is 1.00 bits per heavy atom. The predicted molar refractivity (Wildman–Crippen MR) is 63.7 cm³/mol. The van der Waals surface area contributed by atoms with Crippen LogP contribution in [0.25, 0.3) is 0 Å². The zero-order valence-electron chi connectivity index (χ0n) is 8.40. The molecule has 0 aliphatic rings. The smallest absolute Gasteiger partial charge is 0.261 e. The van der Waals surface area contributed by atoms with Crippen LogP contribution in [0.5, 0.6) is 0 Å². The number of hydrogen-bond donors (Lipinski definition) is 2. The second kappa shape index (κ2) is 4.85. The first-order chi connectivity index (χ1) is 7.77. The molecule has 2 N–H and O–H groups in total. The third kappa shape index (κ3) is 2.43. The minimum atomic E-state index is -0.125. The highest BCUT2D eigenvalue weighted by atomic mass is 32.2. The van der Waals surface area contributed by atoms with Gasteiger partial charge in [-0.25, -0.2) is 0 Å². The van der Waals surface area contributed by atoms with E-state index in [4.69, 9.17) is 0 Å². The number of thioether (sulfide) groups is 1. The Morgan fingerprint density at radius 2 is 1.69 bits per heavy atom. The molecule has 2 rings (SSSR count). The molecule has 0 aromatic carbocycles. The van der Waals surface area contributed by atoms with Gasteiger partial charge in [-0.2, -0.15) is 0 Å². The maximum atomic E-state index is 11.4. The fourth-order valence-electron chi connectivity index (χ4n) is 1.25. The molecule has 2 aromatic heterocycles. The third-order valence-electron chi connectivity index (χ3n) is 2.06. The summed E-state index contributed by atoms with van der Waals surface area (Å²) in [6.45, 7) is 0. The van der Waals surface area contributed by atoms with Gasteiger partial charge in [-0.05, 0) is 18.2 Å². The van der Waals surface area contributed by atoms with Gasteiger partial charge in [-0.3, -0.25) is 9.59 Å². The molecule has 0 aliphatic carbocycles. The Bertz CT molecular complexity index is 535. The van der Waals surface area contributed by atoms with Crippen molar-refractivity contribution in [2.45, 2.75) is 10.6 Å². The Labute approximate surface area is 95.7 Å². The number of pyridine rings is 2. The van der Waals surface area contributed by atoms with Crippen molar-refractivity contribution in [3.63, 3.8) is 0 Å². The van der Waals surface area contributed by atoms with Gasteiger partial charge in [0.15, 0.2) is 0 Å². The van der Waals surface area contributed by atoms with Gasteiger partial charge in [-0.15, -0.1) is 11.8 Å². The van der Waals surface area contributed by atoms with Crippen LogP contribution in [0.4, 0.5) is 0 Å². The van der Waals surface area contributed by atoms with Crippen molar-refractivity contribution in [2.75, 3.05) is 0 Å². The van der Waals surface area contributed by atoms with Gasteiger partial charge < -0.3 is 9.97 Å². The van der Waals surface area contributed by atoms with Gasteiger partial charge in [0.1, 0.15) is 0 Å². The van der Waals surface area contributed by atoms with E-state index >= 15 is 0 Å². The van der Waals surface area contributed by atoms with Gasteiger partial charge in [0.05, 0.1) is 4.90 Å². The van der Waals surface area contributed by atoms with E-state index in [1.807, 2.05) is 0 Å². The molecule has 0 saturated heterocycles. The molecular weight excluding hydrogens is 224 g/mol. The molecule has 0 atom stereocenters. The molecule has 2 aromatic rings. The minimum Gasteiger partial charge on any atom is -0.329 e. The fourth-order valence-corrected chi connectivity index (χ4v) is 2.15. The van der Waals surface area contributed by atoms with Gasteiger partial charge in [0.2, 0.25) is 0 Å². The van der Waals surface area contributed by atoms with Crippen LogP contribution in [0.1, 0.15) is 5.56 Å². The van der Waals surface area contributed by atoms with Gasteiger partial charge in [-0.1, -0.05) is 6.07 Å². The molecule has 5 heteroatoms. The Kier molecular flexibility index (Phi) is 3.26. The number of rotatable bonds is 3. The van der Waals surface area contributed by atoms with E-state index in [1.165, 1.54) is 11.8 Å². The fraction of sp³-hybridized carbons (Fsp3) is 0.0909. The first-order valence-electron chi connectivity index (χ1n) is 4.74. The number of nitrogens with one attached hydrogen (secondary N) is 2. The lowest BCUT2D eigenvalue weighted by molar-refractivity contribution is 1.13. The maximum Gasteiger partial charge on any atom is 0.261 e. The molecule has 4 nitrogen and oxygen atoms in total. The van der Waals surface area contributed by atoms with Crippen LogP contribution in [0, 0.1) is 0 Å². The van der Waals surface area contributed by atoms with E-state index in [-0.39, 0.29) is 11.1 Å². The van der Waals surface area contributed by atoms with Crippen LogP contribution < -0.4 is 11.1 Å². The lowest BCUT2D eigenvalue weighted by Crippen LogP contribution is -2.11. The van der Waals surface area contributed by atoms with Crippen molar-refractivity contribution in [2.24, 2.45) is 0 Å². The minimum absolute atomic E-state index is 0.109. The first-order valence-corrected chi connectivity index (χ1v) is 5.73. The molecule has 82 valence electrons. The van der Waals surface area contributed by atoms with E-state index in [1.54, 1.807) is 36.7 Å². The standard InChI is InChI=1S/C11H10N2O2S/c14-10-8(3-1-5-12-10)7-16-9-4-2-6-13-11(9)15/h1-6H,7H2,(H,12,14)(H,13,15). The lowest BCUT2D eigenvalue weighted by atomic mass is 10.3.